The smallest absolute Gasteiger partial charge is 0.780 e. The Kier molecular flexibility index (Phi) is 13.3. The van der Waals surface area contributed by atoms with Crippen LogP contribution in [0.1, 0.15) is 24.4 Å². The molecule has 0 spiro atoms. The van der Waals surface area contributed by atoms with Crippen molar-refractivity contribution in [3.8, 4) is 0 Å². The number of aromatic nitrogens is 7. The third-order valence-electron chi connectivity index (χ3n) is 8.81. The van der Waals surface area contributed by atoms with Gasteiger partial charge in [-0.1, -0.05) is 24.1 Å². The second kappa shape index (κ2) is 16.5. The molecule has 270 valence electrons. The molecule has 26 heteroatoms. The van der Waals surface area contributed by atoms with E-state index >= 15 is 4.39 Å². The maximum absolute atomic E-state index is 16.4. The third kappa shape index (κ3) is 7.85. The number of thioether (sulfide) groups is 1. The molecule has 3 fully saturated rings. The van der Waals surface area contributed by atoms with Crippen molar-refractivity contribution < 1.29 is 111 Å². The van der Waals surface area contributed by atoms with Crippen molar-refractivity contribution in [1.82, 2.24) is 33.6 Å². The molecule has 0 aliphatic carbocycles. The number of rotatable bonds is 4. The number of thiol groups is 1. The van der Waals surface area contributed by atoms with Crippen LogP contribution >= 0.6 is 37.5 Å². The van der Waals surface area contributed by atoms with Gasteiger partial charge in [-0.05, 0) is 24.2 Å². The van der Waals surface area contributed by atoms with E-state index in [4.69, 9.17) is 39.4 Å². The van der Waals surface area contributed by atoms with Crippen LogP contribution in [0.15, 0.2) is 35.0 Å². The van der Waals surface area contributed by atoms with Crippen molar-refractivity contribution in [2.45, 2.75) is 73.6 Å². The van der Waals surface area contributed by atoms with Gasteiger partial charge in [0.05, 0.1) is 38.1 Å². The molecule has 2 unspecified atom stereocenters. The van der Waals surface area contributed by atoms with E-state index in [9.17, 15) is 24.5 Å². The number of hydrogen-bond donors (Lipinski definition) is 3. The first kappa shape index (κ1) is 41.7. The first-order valence-electron chi connectivity index (χ1n) is 15.4. The van der Waals surface area contributed by atoms with Gasteiger partial charge in [-0.3, -0.25) is 23.0 Å². The Morgan fingerprint density at radius 3 is 2.60 bits per heavy atom. The molecule has 4 aromatic rings. The Bertz CT molecular complexity index is 2120. The van der Waals surface area contributed by atoms with Gasteiger partial charge < -0.3 is 38.2 Å². The van der Waals surface area contributed by atoms with Gasteiger partial charge in [0, 0.05) is 6.20 Å². The Balaban J connectivity index is 0.00000232. The van der Waals surface area contributed by atoms with Crippen molar-refractivity contribution in [1.29, 1.82) is 0 Å². The zero-order valence-corrected chi connectivity index (χ0v) is 35.9. The number of halogens is 1. The Morgan fingerprint density at radius 1 is 1.04 bits per heavy atom. The van der Waals surface area contributed by atoms with Crippen molar-refractivity contribution in [3.63, 3.8) is 0 Å². The summed E-state index contributed by atoms with van der Waals surface area (Å²) in [5.74, 6) is 0.870. The summed E-state index contributed by atoms with van der Waals surface area (Å²) >= 11 is 10.8. The zero-order chi connectivity index (χ0) is 34.9. The van der Waals surface area contributed by atoms with Crippen LogP contribution in [0, 0.1) is 0 Å². The number of aliphatic hydroxyl groups is 2. The van der Waals surface area contributed by atoms with Crippen LogP contribution in [0.5, 0.6) is 0 Å². The topological polar surface area (TPSA) is 219 Å². The third-order valence-corrected chi connectivity index (χ3v) is 13.0. The van der Waals surface area contributed by atoms with Crippen LogP contribution in [-0.2, 0) is 56.9 Å². The van der Waals surface area contributed by atoms with E-state index in [2.05, 4.69) is 32.2 Å². The van der Waals surface area contributed by atoms with Crippen LogP contribution in [0.2, 0.25) is 0 Å². The number of aliphatic hydroxyl groups excluding tert-OH is 2. The maximum Gasteiger partial charge on any atom is 1.00 e. The molecule has 2 bridgehead atoms. The first-order valence-corrected chi connectivity index (χ1v) is 21.6. The number of hydrogen-bond acceptors (Lipinski definition) is 17. The summed E-state index contributed by atoms with van der Waals surface area (Å²) in [5, 5.41) is 22.1. The summed E-state index contributed by atoms with van der Waals surface area (Å²) in [7, 11) is 0. The normalized spacial score (nSPS) is 35.1. The van der Waals surface area contributed by atoms with E-state index in [1.165, 1.54) is 28.1 Å². The summed E-state index contributed by atoms with van der Waals surface area (Å²) in [4.78, 5) is 43.5. The molecule has 0 aromatic carbocycles. The van der Waals surface area contributed by atoms with Gasteiger partial charge in [0.15, 0.2) is 29.8 Å². The number of nitrogens with zero attached hydrogens (tertiary/aromatic N) is 7. The fraction of sp³-hybridized carbons (Fsp3) is 0.577. The van der Waals surface area contributed by atoms with E-state index in [0.717, 1.165) is 32.7 Å². The summed E-state index contributed by atoms with van der Waals surface area (Å²) in [6.45, 7) is -10.5. The fourth-order valence-corrected chi connectivity index (χ4v) is 10.4. The molecular formula is C26H29FN7Na2O11P2S3+. The van der Waals surface area contributed by atoms with Crippen molar-refractivity contribution in [3.05, 3.63) is 41.1 Å². The number of ether oxygens (including phenoxy) is 2. The van der Waals surface area contributed by atoms with Crippen LogP contribution in [0.25, 0.3) is 22.2 Å². The number of imidazole rings is 1. The summed E-state index contributed by atoms with van der Waals surface area (Å²) in [6, 6.07) is 0. The Labute approximate surface area is 353 Å². The first-order chi connectivity index (χ1) is 23.9. The minimum atomic E-state index is -4.51. The summed E-state index contributed by atoms with van der Waals surface area (Å²) < 4.78 is 68.5. The van der Waals surface area contributed by atoms with Gasteiger partial charge in [-0.25, -0.2) is 28.9 Å². The molecule has 10 atom stereocenters. The summed E-state index contributed by atoms with van der Waals surface area (Å²) in [6.07, 6.45) is -4.87. The molecule has 4 aromatic heterocycles. The second-order valence-electron chi connectivity index (χ2n) is 11.9. The van der Waals surface area contributed by atoms with E-state index in [-0.39, 0.29) is 83.4 Å². The predicted molar refractivity (Wildman–Crippen MR) is 177 cm³/mol. The molecule has 2 N–H and O–H groups in total. The standard InChI is InChI=1S/C26H30FN7O11P2S3.2Na/c27-16-19-14(43-25(16)33-6-12-2-1-5-50-23-15(12)21(33)28-9-29-23)8-41-47(39,49)45-20-18(36)13(7-40-46(38,48)44-19)42-26(20)34-11-30-17-22(34)31-10-32(3-4-35)24(17)37;;/h6,9-11,13-14,16,18-20,25-26,35-36H,1-5,7-8H2,(H,38,48)(H,39,49);;/q;2*+1/p-1/t13-,14-,16-,18-,19-,20-,25-,26-,46?,47?;;/m1../s1. The fourth-order valence-electron chi connectivity index (χ4n) is 6.52. The molecule has 0 radical (unpaired) electrons. The molecule has 0 amide bonds. The van der Waals surface area contributed by atoms with Gasteiger partial charge >= 0.3 is 65.9 Å². The monoisotopic (exact) mass is 838 g/mol. The number of aryl methyl sites for hydroxylation is 1. The van der Waals surface area contributed by atoms with E-state index in [1.54, 1.807) is 18.0 Å². The molecule has 3 saturated heterocycles. The van der Waals surface area contributed by atoms with E-state index < -0.39 is 81.4 Å². The Hall–Kier alpha value is 0.120. The van der Waals surface area contributed by atoms with Crippen LogP contribution in [-0.4, -0.2) is 106 Å². The van der Waals surface area contributed by atoms with Gasteiger partial charge in [0.25, 0.3) is 5.56 Å². The molecule has 8 rings (SSSR count). The minimum absolute atomic E-state index is 0. The maximum atomic E-state index is 16.4. The van der Waals surface area contributed by atoms with Crippen molar-refractivity contribution in [2.24, 2.45) is 0 Å². The molecule has 52 heavy (non-hydrogen) atoms. The van der Waals surface area contributed by atoms with Gasteiger partial charge in [-0.15, -0.1) is 11.8 Å². The molecule has 18 nitrogen and oxygen atoms in total. The van der Waals surface area contributed by atoms with Crippen molar-refractivity contribution in [2.75, 3.05) is 25.6 Å². The average Bonchev–Trinajstić information content (AvgIpc) is 3.78. The van der Waals surface area contributed by atoms with Gasteiger partial charge in [0.1, 0.15) is 60.6 Å². The average molecular weight is 839 g/mol. The van der Waals surface area contributed by atoms with E-state index in [0.29, 0.717) is 12.1 Å². The molecule has 4 aliphatic rings. The number of fused-ring (bicyclic) bond motifs is 4. The largest absolute Gasteiger partial charge is 1.00 e. The predicted octanol–water partition coefficient (Wildman–Crippen LogP) is -4.99. The van der Waals surface area contributed by atoms with Gasteiger partial charge in [-0.2, -0.15) is 0 Å². The van der Waals surface area contributed by atoms with Crippen LogP contribution in [0.3, 0.4) is 0 Å². The molecule has 4 aliphatic heterocycles. The molecule has 8 heterocycles. The van der Waals surface area contributed by atoms with E-state index in [1.807, 2.05) is 0 Å². The van der Waals surface area contributed by atoms with Crippen molar-refractivity contribution >= 4 is 71.5 Å². The Morgan fingerprint density at radius 2 is 1.81 bits per heavy atom. The number of alkyl halides is 1. The van der Waals surface area contributed by atoms with Crippen LogP contribution in [0.4, 0.5) is 4.39 Å². The summed E-state index contributed by atoms with van der Waals surface area (Å²) in [5.41, 5.74) is 0.742. The molecule has 0 saturated carbocycles. The SMILES string of the molecule is O=c1c2ncn([C@@H]3O[C@@H]4COP([O-])(=S)O[C@H]5[C@@H](F)[C@H](n6cc7c8c(ncnc86)SCCC7)O[C@@H]5COP(=O)(S)O[C@@H]3[C@@H]4O)c2ncn1CCO.[Na+].[Na+]. The van der Waals surface area contributed by atoms with Gasteiger partial charge in [0.2, 0.25) is 0 Å². The zero-order valence-electron chi connectivity index (χ0n) is 27.6. The second-order valence-corrected chi connectivity index (χ2v) is 18.6. The van der Waals surface area contributed by atoms with Crippen LogP contribution < -0.4 is 69.6 Å². The minimum Gasteiger partial charge on any atom is -0.780 e. The molecular weight excluding hydrogens is 809 g/mol. The quantitative estimate of drug-likeness (QED) is 0.0759.